The minimum atomic E-state index is -0.425. The lowest BCUT2D eigenvalue weighted by Crippen LogP contribution is -2.49. The number of fused-ring (bicyclic) bond motifs is 1. The first kappa shape index (κ1) is 19.0. The van der Waals surface area contributed by atoms with Crippen LogP contribution in [-0.2, 0) is 11.3 Å². The summed E-state index contributed by atoms with van der Waals surface area (Å²) in [5, 5.41) is 2.78. The SMILES string of the molecule is C=C1CCC(N2Cc3cc(O[C@H]4CCCC[C@@H]4N(C)C)ccc3C2=O)C(=O)N1. The molecule has 2 amide bonds. The Balaban J connectivity index is 1.49. The predicted molar refractivity (Wildman–Crippen MR) is 107 cm³/mol. The fraction of sp³-hybridized carbons (Fsp3) is 0.545. The minimum absolute atomic E-state index is 0.0713. The maximum Gasteiger partial charge on any atom is 0.255 e. The van der Waals surface area contributed by atoms with Crippen molar-refractivity contribution in [2.75, 3.05) is 14.1 Å². The summed E-state index contributed by atoms with van der Waals surface area (Å²) in [6.45, 7) is 4.27. The third kappa shape index (κ3) is 3.53. The van der Waals surface area contributed by atoms with Crippen LogP contribution in [0.1, 0.15) is 54.4 Å². The lowest BCUT2D eigenvalue weighted by Gasteiger charge is -2.36. The molecule has 1 saturated carbocycles. The van der Waals surface area contributed by atoms with Crippen LogP contribution in [0.5, 0.6) is 5.75 Å². The number of nitrogens with one attached hydrogen (secondary N) is 1. The first-order valence-electron chi connectivity index (χ1n) is 10.2. The van der Waals surface area contributed by atoms with E-state index in [1.54, 1.807) is 4.90 Å². The highest BCUT2D eigenvalue weighted by Crippen LogP contribution is 2.32. The van der Waals surface area contributed by atoms with Gasteiger partial charge in [0.05, 0.1) is 0 Å². The van der Waals surface area contributed by atoms with Crippen molar-refractivity contribution < 1.29 is 14.3 Å². The van der Waals surface area contributed by atoms with Gasteiger partial charge in [0.25, 0.3) is 5.91 Å². The van der Waals surface area contributed by atoms with Gasteiger partial charge in [-0.2, -0.15) is 0 Å². The summed E-state index contributed by atoms with van der Waals surface area (Å²) >= 11 is 0. The van der Waals surface area contributed by atoms with Gasteiger partial charge in [-0.3, -0.25) is 9.59 Å². The summed E-state index contributed by atoms with van der Waals surface area (Å²) in [5.41, 5.74) is 2.35. The first-order valence-corrected chi connectivity index (χ1v) is 10.2. The molecule has 0 spiro atoms. The lowest BCUT2D eigenvalue weighted by molar-refractivity contribution is -0.126. The summed E-state index contributed by atoms with van der Waals surface area (Å²) in [4.78, 5) is 29.1. The number of nitrogens with zero attached hydrogens (tertiary/aromatic N) is 2. The predicted octanol–water partition coefficient (Wildman–Crippen LogP) is 2.69. The lowest BCUT2D eigenvalue weighted by atomic mass is 9.91. The van der Waals surface area contributed by atoms with Crippen LogP contribution in [0.25, 0.3) is 0 Å². The van der Waals surface area contributed by atoms with E-state index in [9.17, 15) is 9.59 Å². The molecule has 2 aliphatic heterocycles. The smallest absolute Gasteiger partial charge is 0.255 e. The molecule has 4 rings (SSSR count). The Kier molecular flexibility index (Phi) is 5.15. The maximum absolute atomic E-state index is 12.8. The minimum Gasteiger partial charge on any atom is -0.489 e. The van der Waals surface area contributed by atoms with Gasteiger partial charge in [0.1, 0.15) is 17.9 Å². The molecule has 0 radical (unpaired) electrons. The van der Waals surface area contributed by atoms with Crippen molar-refractivity contribution in [1.29, 1.82) is 0 Å². The summed E-state index contributed by atoms with van der Waals surface area (Å²) in [6.07, 6.45) is 6.14. The molecule has 28 heavy (non-hydrogen) atoms. The maximum atomic E-state index is 12.8. The van der Waals surface area contributed by atoms with Gasteiger partial charge in [0.15, 0.2) is 0 Å². The van der Waals surface area contributed by atoms with E-state index in [-0.39, 0.29) is 17.9 Å². The second-order valence-corrected chi connectivity index (χ2v) is 8.37. The number of allylic oxidation sites excluding steroid dienone is 1. The van der Waals surface area contributed by atoms with E-state index >= 15 is 0 Å². The molecule has 6 heteroatoms. The quantitative estimate of drug-likeness (QED) is 0.868. The second-order valence-electron chi connectivity index (χ2n) is 8.37. The van der Waals surface area contributed by atoms with E-state index in [0.29, 0.717) is 31.0 Å². The Hall–Kier alpha value is -2.34. The molecule has 150 valence electrons. The number of ether oxygens (including phenoxy) is 1. The molecule has 3 aliphatic rings. The number of hydrogen-bond acceptors (Lipinski definition) is 4. The Labute approximate surface area is 166 Å². The monoisotopic (exact) mass is 383 g/mol. The zero-order chi connectivity index (χ0) is 19.8. The molecular weight excluding hydrogens is 354 g/mol. The molecule has 1 aromatic rings. The van der Waals surface area contributed by atoms with Crippen molar-refractivity contribution in [2.45, 2.75) is 63.3 Å². The van der Waals surface area contributed by atoms with Crippen LogP contribution >= 0.6 is 0 Å². The van der Waals surface area contributed by atoms with Crippen molar-refractivity contribution in [2.24, 2.45) is 0 Å². The Morgan fingerprint density at radius 2 is 1.96 bits per heavy atom. The zero-order valence-corrected chi connectivity index (χ0v) is 16.7. The highest BCUT2D eigenvalue weighted by molar-refractivity contribution is 6.01. The van der Waals surface area contributed by atoms with Crippen LogP contribution in [0.2, 0.25) is 0 Å². The molecular formula is C22H29N3O3. The van der Waals surface area contributed by atoms with Gasteiger partial charge >= 0.3 is 0 Å². The number of carbonyl (C=O) groups excluding carboxylic acids is 2. The fourth-order valence-corrected chi connectivity index (χ4v) is 4.68. The molecule has 3 atom stereocenters. The van der Waals surface area contributed by atoms with Crippen LogP contribution in [0.3, 0.4) is 0 Å². The van der Waals surface area contributed by atoms with Gasteiger partial charge in [0.2, 0.25) is 5.91 Å². The Morgan fingerprint density at radius 1 is 1.18 bits per heavy atom. The van der Waals surface area contributed by atoms with Gasteiger partial charge in [0, 0.05) is 23.8 Å². The van der Waals surface area contributed by atoms with Gasteiger partial charge in [-0.1, -0.05) is 13.0 Å². The molecule has 1 saturated heterocycles. The fourth-order valence-electron chi connectivity index (χ4n) is 4.68. The van der Waals surface area contributed by atoms with Gasteiger partial charge in [-0.25, -0.2) is 0 Å². The molecule has 1 N–H and O–H groups in total. The van der Waals surface area contributed by atoms with Crippen LogP contribution in [0.4, 0.5) is 0 Å². The number of benzene rings is 1. The highest BCUT2D eigenvalue weighted by atomic mass is 16.5. The third-order valence-electron chi connectivity index (χ3n) is 6.23. The van der Waals surface area contributed by atoms with E-state index in [2.05, 4.69) is 30.9 Å². The van der Waals surface area contributed by atoms with Crippen molar-refractivity contribution in [3.8, 4) is 5.75 Å². The number of hydrogen-bond donors (Lipinski definition) is 1. The second kappa shape index (κ2) is 7.59. The van der Waals surface area contributed by atoms with Gasteiger partial charge < -0.3 is 19.9 Å². The van der Waals surface area contributed by atoms with Crippen molar-refractivity contribution >= 4 is 11.8 Å². The van der Waals surface area contributed by atoms with Gasteiger partial charge in [-0.15, -0.1) is 0 Å². The van der Waals surface area contributed by atoms with Crippen molar-refractivity contribution in [3.63, 3.8) is 0 Å². The molecule has 2 heterocycles. The van der Waals surface area contributed by atoms with Crippen LogP contribution in [0.15, 0.2) is 30.5 Å². The van der Waals surface area contributed by atoms with E-state index in [4.69, 9.17) is 4.74 Å². The van der Waals surface area contributed by atoms with Crippen LogP contribution < -0.4 is 10.1 Å². The van der Waals surface area contributed by atoms with E-state index < -0.39 is 6.04 Å². The molecule has 0 aromatic heterocycles. The number of likely N-dealkylation sites (N-methyl/N-ethyl adjacent to an activating group) is 1. The summed E-state index contributed by atoms with van der Waals surface area (Å²) in [6, 6.07) is 5.71. The molecule has 2 fully saturated rings. The van der Waals surface area contributed by atoms with Crippen molar-refractivity contribution in [3.05, 3.63) is 41.6 Å². The zero-order valence-electron chi connectivity index (χ0n) is 16.7. The number of piperidine rings is 1. The van der Waals surface area contributed by atoms with E-state index in [1.165, 1.54) is 12.8 Å². The number of amides is 2. The van der Waals surface area contributed by atoms with Crippen molar-refractivity contribution in [1.82, 2.24) is 15.1 Å². The third-order valence-corrected chi connectivity index (χ3v) is 6.23. The summed E-state index contributed by atoms with van der Waals surface area (Å²) in [7, 11) is 4.21. The molecule has 6 nitrogen and oxygen atoms in total. The summed E-state index contributed by atoms with van der Waals surface area (Å²) in [5.74, 6) is 0.608. The normalized spacial score (nSPS) is 27.8. The highest BCUT2D eigenvalue weighted by Gasteiger charge is 2.38. The first-order chi connectivity index (χ1) is 13.4. The average molecular weight is 383 g/mol. The van der Waals surface area contributed by atoms with Crippen LogP contribution in [0, 0.1) is 0 Å². The molecule has 1 unspecified atom stereocenters. The molecule has 1 aliphatic carbocycles. The number of carbonyl (C=O) groups is 2. The summed E-state index contributed by atoms with van der Waals surface area (Å²) < 4.78 is 6.34. The van der Waals surface area contributed by atoms with E-state index in [0.717, 1.165) is 29.9 Å². The van der Waals surface area contributed by atoms with Gasteiger partial charge in [-0.05, 0) is 70.0 Å². The Bertz CT molecular complexity index is 804. The topological polar surface area (TPSA) is 61.9 Å². The largest absolute Gasteiger partial charge is 0.489 e. The van der Waals surface area contributed by atoms with Crippen LogP contribution in [-0.4, -0.2) is 53.9 Å². The Morgan fingerprint density at radius 3 is 2.71 bits per heavy atom. The standard InChI is InChI=1S/C22H29N3O3/c1-14-8-11-19(21(26)23-14)25-13-15-12-16(9-10-17(15)22(25)27)28-20-7-5-4-6-18(20)24(2)3/h9-10,12,18-20H,1,4-8,11,13H2,2-3H3,(H,23,26)/t18-,19?,20-/m0/s1. The molecule has 0 bridgehead atoms. The molecule has 1 aromatic carbocycles. The van der Waals surface area contributed by atoms with E-state index in [1.807, 2.05) is 18.2 Å². The average Bonchev–Trinajstić information content (AvgIpc) is 2.98. The number of rotatable bonds is 4.